The van der Waals surface area contributed by atoms with Crippen LogP contribution in [0.5, 0.6) is 0 Å². The highest BCUT2D eigenvalue weighted by atomic mass is 16.2. The van der Waals surface area contributed by atoms with Crippen LogP contribution in [0.3, 0.4) is 0 Å². The van der Waals surface area contributed by atoms with Crippen molar-refractivity contribution in [1.82, 2.24) is 9.88 Å². The largest absolute Gasteiger partial charge is 0.353 e. The summed E-state index contributed by atoms with van der Waals surface area (Å²) in [6.45, 7) is 12.8. The van der Waals surface area contributed by atoms with Gasteiger partial charge in [0.05, 0.1) is 5.52 Å². The third-order valence-corrected chi connectivity index (χ3v) is 4.49. The van der Waals surface area contributed by atoms with Gasteiger partial charge in [0.1, 0.15) is 5.82 Å². The van der Waals surface area contributed by atoms with E-state index in [4.69, 9.17) is 4.98 Å². The first-order valence-electron chi connectivity index (χ1n) is 8.04. The average molecular weight is 309 g/mol. The van der Waals surface area contributed by atoms with Crippen molar-refractivity contribution in [2.45, 2.75) is 20.8 Å². The Morgan fingerprint density at radius 3 is 2.48 bits per heavy atom. The summed E-state index contributed by atoms with van der Waals surface area (Å²) in [4.78, 5) is 21.0. The molecule has 0 bridgehead atoms. The van der Waals surface area contributed by atoms with E-state index in [1.54, 1.807) is 6.92 Å². The van der Waals surface area contributed by atoms with Crippen LogP contribution in [0.1, 0.15) is 18.1 Å². The third-order valence-electron chi connectivity index (χ3n) is 4.49. The van der Waals surface area contributed by atoms with Gasteiger partial charge in [-0.1, -0.05) is 24.8 Å². The molecule has 1 aromatic carbocycles. The number of piperazine rings is 1. The van der Waals surface area contributed by atoms with Crippen LogP contribution in [0.15, 0.2) is 36.4 Å². The number of amides is 1. The summed E-state index contributed by atoms with van der Waals surface area (Å²) in [7, 11) is 0. The van der Waals surface area contributed by atoms with E-state index in [0.29, 0.717) is 5.57 Å². The molecule has 2 aromatic rings. The molecule has 0 saturated carbocycles. The number of nitrogens with zero attached hydrogens (tertiary/aromatic N) is 3. The molecule has 0 atom stereocenters. The second kappa shape index (κ2) is 6.03. The molecule has 0 radical (unpaired) electrons. The van der Waals surface area contributed by atoms with Gasteiger partial charge in [-0.15, -0.1) is 0 Å². The van der Waals surface area contributed by atoms with Gasteiger partial charge in [-0.3, -0.25) is 4.79 Å². The highest BCUT2D eigenvalue weighted by Crippen LogP contribution is 2.25. The fraction of sp³-hybridized carbons (Fsp3) is 0.368. The minimum Gasteiger partial charge on any atom is -0.353 e. The van der Waals surface area contributed by atoms with E-state index in [1.807, 2.05) is 4.90 Å². The summed E-state index contributed by atoms with van der Waals surface area (Å²) in [6.07, 6.45) is 0. The van der Waals surface area contributed by atoms with Gasteiger partial charge in [0.25, 0.3) is 0 Å². The van der Waals surface area contributed by atoms with Gasteiger partial charge in [-0.2, -0.15) is 0 Å². The summed E-state index contributed by atoms with van der Waals surface area (Å²) < 4.78 is 0. The Labute approximate surface area is 137 Å². The fourth-order valence-electron chi connectivity index (χ4n) is 3.11. The zero-order valence-electron chi connectivity index (χ0n) is 14.1. The van der Waals surface area contributed by atoms with Crippen LogP contribution in [-0.4, -0.2) is 42.0 Å². The lowest BCUT2D eigenvalue weighted by molar-refractivity contribution is -0.127. The number of aryl methyl sites for hydroxylation is 2. The molecule has 0 N–H and O–H groups in total. The van der Waals surface area contributed by atoms with Crippen LogP contribution in [0.2, 0.25) is 0 Å². The number of hydrogen-bond donors (Lipinski definition) is 0. The summed E-state index contributed by atoms with van der Waals surface area (Å²) in [6, 6.07) is 8.45. The molecular formula is C19H23N3O. The molecule has 4 heteroatoms. The Hall–Kier alpha value is -2.36. The van der Waals surface area contributed by atoms with Crippen LogP contribution in [0.25, 0.3) is 10.9 Å². The minimum atomic E-state index is 0.0585. The van der Waals surface area contributed by atoms with E-state index in [-0.39, 0.29) is 5.91 Å². The highest BCUT2D eigenvalue weighted by Gasteiger charge is 2.22. The predicted octanol–water partition coefficient (Wildman–Crippen LogP) is 3.08. The van der Waals surface area contributed by atoms with E-state index >= 15 is 0 Å². The van der Waals surface area contributed by atoms with Crippen molar-refractivity contribution in [3.63, 3.8) is 0 Å². The molecule has 0 aliphatic carbocycles. The number of fused-ring (bicyclic) bond motifs is 1. The van der Waals surface area contributed by atoms with Crippen molar-refractivity contribution in [1.29, 1.82) is 0 Å². The number of carbonyl (C=O) groups is 1. The Morgan fingerprint density at radius 1 is 1.13 bits per heavy atom. The number of benzene rings is 1. The van der Waals surface area contributed by atoms with Crippen LogP contribution in [0.4, 0.5) is 5.82 Å². The monoisotopic (exact) mass is 309 g/mol. The summed E-state index contributed by atoms with van der Waals surface area (Å²) >= 11 is 0. The van der Waals surface area contributed by atoms with Gasteiger partial charge in [-0.05, 0) is 38.0 Å². The van der Waals surface area contributed by atoms with Gasteiger partial charge < -0.3 is 9.80 Å². The molecule has 0 unspecified atom stereocenters. The number of hydrogen-bond acceptors (Lipinski definition) is 3. The molecule has 4 nitrogen and oxygen atoms in total. The van der Waals surface area contributed by atoms with Crippen molar-refractivity contribution in [2.75, 3.05) is 31.1 Å². The number of carbonyl (C=O) groups excluding carboxylic acids is 1. The van der Waals surface area contributed by atoms with E-state index in [9.17, 15) is 4.79 Å². The lowest BCUT2D eigenvalue weighted by Crippen LogP contribution is -2.49. The molecular weight excluding hydrogens is 286 g/mol. The molecule has 23 heavy (non-hydrogen) atoms. The second-order valence-electron chi connectivity index (χ2n) is 6.33. The van der Waals surface area contributed by atoms with Gasteiger partial charge >= 0.3 is 0 Å². The molecule has 2 heterocycles. The summed E-state index contributed by atoms with van der Waals surface area (Å²) in [5, 5.41) is 1.21. The molecule has 1 fully saturated rings. The normalized spacial score (nSPS) is 15.1. The first kappa shape index (κ1) is 15.5. The lowest BCUT2D eigenvalue weighted by atomic mass is 10.1. The maximum atomic E-state index is 12.0. The molecule has 1 aliphatic rings. The lowest BCUT2D eigenvalue weighted by Gasteiger charge is -2.35. The van der Waals surface area contributed by atoms with Crippen LogP contribution in [0, 0.1) is 13.8 Å². The standard InChI is InChI=1S/C19H23N3O/c1-13(2)19(23)22-10-8-21(9-11-22)17-12-15(4)16-7-5-6-14(3)18(16)20-17/h5-7,12H,1,8-11H2,2-4H3. The first-order valence-corrected chi connectivity index (χ1v) is 8.04. The number of para-hydroxylation sites is 1. The first-order chi connectivity index (χ1) is 11.0. The van der Waals surface area contributed by atoms with Gasteiger partial charge in [-0.25, -0.2) is 4.98 Å². The molecule has 120 valence electrons. The van der Waals surface area contributed by atoms with Gasteiger partial charge in [0, 0.05) is 37.1 Å². The van der Waals surface area contributed by atoms with Crippen molar-refractivity contribution < 1.29 is 4.79 Å². The van der Waals surface area contributed by atoms with Crippen molar-refractivity contribution in [3.05, 3.63) is 47.5 Å². The molecule has 1 amide bonds. The zero-order valence-corrected chi connectivity index (χ0v) is 14.1. The van der Waals surface area contributed by atoms with Crippen LogP contribution < -0.4 is 4.90 Å². The van der Waals surface area contributed by atoms with Crippen molar-refractivity contribution in [2.24, 2.45) is 0 Å². The Morgan fingerprint density at radius 2 is 1.83 bits per heavy atom. The summed E-state index contributed by atoms with van der Waals surface area (Å²) in [5.74, 6) is 1.06. The number of anilines is 1. The molecule has 1 saturated heterocycles. The predicted molar refractivity (Wildman–Crippen MR) is 94.8 cm³/mol. The minimum absolute atomic E-state index is 0.0585. The maximum Gasteiger partial charge on any atom is 0.249 e. The Balaban J connectivity index is 1.84. The van der Waals surface area contributed by atoms with Crippen LogP contribution >= 0.6 is 0 Å². The smallest absolute Gasteiger partial charge is 0.249 e. The molecule has 1 aromatic heterocycles. The summed E-state index contributed by atoms with van der Waals surface area (Å²) in [5.41, 5.74) is 4.12. The van der Waals surface area contributed by atoms with E-state index in [0.717, 1.165) is 37.5 Å². The molecule has 1 aliphatic heterocycles. The topological polar surface area (TPSA) is 36.4 Å². The average Bonchev–Trinajstić information content (AvgIpc) is 2.55. The van der Waals surface area contributed by atoms with Crippen molar-refractivity contribution in [3.8, 4) is 0 Å². The third kappa shape index (κ3) is 2.93. The SMILES string of the molecule is C=C(C)C(=O)N1CCN(c2cc(C)c3cccc(C)c3n2)CC1. The zero-order chi connectivity index (χ0) is 16.6. The number of aromatic nitrogens is 1. The molecule has 0 spiro atoms. The highest BCUT2D eigenvalue weighted by molar-refractivity contribution is 5.92. The quantitative estimate of drug-likeness (QED) is 0.800. The Kier molecular flexibility index (Phi) is 4.07. The Bertz CT molecular complexity index is 774. The van der Waals surface area contributed by atoms with Gasteiger partial charge in [0.15, 0.2) is 0 Å². The number of pyridine rings is 1. The van der Waals surface area contributed by atoms with Crippen LogP contribution in [-0.2, 0) is 4.79 Å². The van der Waals surface area contributed by atoms with Gasteiger partial charge in [0.2, 0.25) is 5.91 Å². The van der Waals surface area contributed by atoms with Crippen molar-refractivity contribution >= 4 is 22.6 Å². The van der Waals surface area contributed by atoms with E-state index in [1.165, 1.54) is 16.5 Å². The molecule has 3 rings (SSSR count). The second-order valence-corrected chi connectivity index (χ2v) is 6.33. The maximum absolute atomic E-state index is 12.0. The van der Waals surface area contributed by atoms with E-state index < -0.39 is 0 Å². The fourth-order valence-corrected chi connectivity index (χ4v) is 3.11. The number of rotatable bonds is 2. The van der Waals surface area contributed by atoms with E-state index in [2.05, 4.69) is 49.6 Å².